The number of aryl methyl sites for hydroxylation is 2. The normalized spacial score (nSPS) is 21.9. The SMILES string of the molecule is Cc1cc2ncc(C(=O)NCC3CCC(O)C3)c(C)n2n1. The van der Waals surface area contributed by atoms with Gasteiger partial charge in [-0.1, -0.05) is 0 Å². The molecule has 2 unspecified atom stereocenters. The quantitative estimate of drug-likeness (QED) is 0.890. The first-order chi connectivity index (χ1) is 10.0. The average molecular weight is 288 g/mol. The number of carbonyl (C=O) groups excluding carboxylic acids is 1. The van der Waals surface area contributed by atoms with Gasteiger partial charge >= 0.3 is 0 Å². The fourth-order valence-electron chi connectivity index (χ4n) is 2.95. The van der Waals surface area contributed by atoms with E-state index in [2.05, 4.69) is 15.4 Å². The van der Waals surface area contributed by atoms with Gasteiger partial charge in [-0.25, -0.2) is 9.50 Å². The molecule has 1 fully saturated rings. The summed E-state index contributed by atoms with van der Waals surface area (Å²) in [6, 6.07) is 1.88. The van der Waals surface area contributed by atoms with Crippen LogP contribution in [0.2, 0.25) is 0 Å². The number of fused-ring (bicyclic) bond motifs is 1. The Kier molecular flexibility index (Phi) is 3.63. The lowest BCUT2D eigenvalue weighted by Gasteiger charge is -2.12. The number of hydrogen-bond acceptors (Lipinski definition) is 4. The molecule has 2 heterocycles. The molecule has 21 heavy (non-hydrogen) atoms. The first-order valence-electron chi connectivity index (χ1n) is 7.33. The van der Waals surface area contributed by atoms with Crippen molar-refractivity contribution in [2.45, 2.75) is 39.2 Å². The van der Waals surface area contributed by atoms with E-state index in [-0.39, 0.29) is 12.0 Å². The second-order valence-electron chi connectivity index (χ2n) is 5.86. The van der Waals surface area contributed by atoms with E-state index in [4.69, 9.17) is 0 Å². The summed E-state index contributed by atoms with van der Waals surface area (Å²) < 4.78 is 1.70. The van der Waals surface area contributed by atoms with Crippen LogP contribution in [0, 0.1) is 19.8 Å². The number of nitrogens with one attached hydrogen (secondary N) is 1. The summed E-state index contributed by atoms with van der Waals surface area (Å²) in [5.74, 6) is 0.240. The maximum atomic E-state index is 12.3. The molecule has 1 amide bonds. The molecule has 2 aromatic heterocycles. The largest absolute Gasteiger partial charge is 0.393 e. The lowest BCUT2D eigenvalue weighted by molar-refractivity contribution is 0.0943. The molecule has 0 spiro atoms. The minimum atomic E-state index is -0.210. The van der Waals surface area contributed by atoms with Gasteiger partial charge < -0.3 is 10.4 Å². The highest BCUT2D eigenvalue weighted by Crippen LogP contribution is 2.24. The summed E-state index contributed by atoms with van der Waals surface area (Å²) in [5.41, 5.74) is 2.96. The number of nitrogens with zero attached hydrogens (tertiary/aromatic N) is 3. The van der Waals surface area contributed by atoms with E-state index < -0.39 is 0 Å². The number of aliphatic hydroxyl groups is 1. The number of aliphatic hydroxyl groups excluding tert-OH is 1. The van der Waals surface area contributed by atoms with Crippen molar-refractivity contribution < 1.29 is 9.90 Å². The van der Waals surface area contributed by atoms with Gasteiger partial charge in [0.15, 0.2) is 5.65 Å². The van der Waals surface area contributed by atoms with Crippen molar-refractivity contribution in [3.63, 3.8) is 0 Å². The van der Waals surface area contributed by atoms with Gasteiger partial charge in [0.1, 0.15) is 0 Å². The molecule has 0 saturated heterocycles. The van der Waals surface area contributed by atoms with Crippen LogP contribution in [0.3, 0.4) is 0 Å². The van der Waals surface area contributed by atoms with Crippen LogP contribution < -0.4 is 5.32 Å². The molecule has 2 aromatic rings. The lowest BCUT2D eigenvalue weighted by Crippen LogP contribution is -2.29. The smallest absolute Gasteiger partial charge is 0.254 e. The average Bonchev–Trinajstić information content (AvgIpc) is 3.02. The second kappa shape index (κ2) is 5.44. The Morgan fingerprint density at radius 2 is 2.29 bits per heavy atom. The summed E-state index contributed by atoms with van der Waals surface area (Å²) in [5, 5.41) is 16.8. The van der Waals surface area contributed by atoms with Gasteiger partial charge in [0, 0.05) is 18.8 Å². The van der Waals surface area contributed by atoms with Crippen LogP contribution in [0.1, 0.15) is 41.0 Å². The van der Waals surface area contributed by atoms with Gasteiger partial charge in [0.25, 0.3) is 5.91 Å². The van der Waals surface area contributed by atoms with E-state index in [1.54, 1.807) is 10.7 Å². The fourth-order valence-corrected chi connectivity index (χ4v) is 2.95. The molecular weight excluding hydrogens is 268 g/mol. The maximum Gasteiger partial charge on any atom is 0.254 e. The van der Waals surface area contributed by atoms with Crippen LogP contribution in [0.5, 0.6) is 0 Å². The minimum absolute atomic E-state index is 0.128. The van der Waals surface area contributed by atoms with E-state index in [0.29, 0.717) is 18.0 Å². The third kappa shape index (κ3) is 2.76. The summed E-state index contributed by atoms with van der Waals surface area (Å²) in [6.07, 6.45) is 3.97. The second-order valence-corrected chi connectivity index (χ2v) is 5.86. The molecule has 1 aliphatic carbocycles. The third-order valence-electron chi connectivity index (χ3n) is 4.16. The van der Waals surface area contributed by atoms with Crippen LogP contribution in [0.15, 0.2) is 12.3 Å². The van der Waals surface area contributed by atoms with Crippen LogP contribution in [-0.4, -0.2) is 38.3 Å². The Morgan fingerprint density at radius 1 is 1.48 bits per heavy atom. The van der Waals surface area contributed by atoms with Gasteiger partial charge in [0.2, 0.25) is 0 Å². The predicted molar refractivity (Wildman–Crippen MR) is 78.1 cm³/mol. The van der Waals surface area contributed by atoms with Crippen LogP contribution in [-0.2, 0) is 0 Å². The van der Waals surface area contributed by atoms with E-state index in [1.165, 1.54) is 0 Å². The molecule has 0 aromatic carbocycles. The van der Waals surface area contributed by atoms with Crippen molar-refractivity contribution in [3.05, 3.63) is 29.2 Å². The van der Waals surface area contributed by atoms with E-state index in [1.807, 2.05) is 19.9 Å². The number of rotatable bonds is 3. The van der Waals surface area contributed by atoms with Gasteiger partial charge in [-0.2, -0.15) is 5.10 Å². The number of amides is 1. The molecule has 2 N–H and O–H groups in total. The van der Waals surface area contributed by atoms with Crippen molar-refractivity contribution in [1.82, 2.24) is 19.9 Å². The summed E-state index contributed by atoms with van der Waals surface area (Å²) in [4.78, 5) is 16.6. The van der Waals surface area contributed by atoms with E-state index in [0.717, 1.165) is 36.3 Å². The Morgan fingerprint density at radius 3 is 3.00 bits per heavy atom. The highest BCUT2D eigenvalue weighted by Gasteiger charge is 2.23. The predicted octanol–water partition coefficient (Wildman–Crippen LogP) is 1.24. The molecular formula is C15H20N4O2. The maximum absolute atomic E-state index is 12.3. The number of hydrogen-bond donors (Lipinski definition) is 2. The molecule has 112 valence electrons. The fraction of sp³-hybridized carbons (Fsp3) is 0.533. The van der Waals surface area contributed by atoms with Crippen molar-refractivity contribution in [2.24, 2.45) is 5.92 Å². The molecule has 3 rings (SSSR count). The van der Waals surface area contributed by atoms with Crippen LogP contribution >= 0.6 is 0 Å². The van der Waals surface area contributed by atoms with Crippen molar-refractivity contribution in [3.8, 4) is 0 Å². The van der Waals surface area contributed by atoms with Crippen LogP contribution in [0.4, 0.5) is 0 Å². The molecule has 6 nitrogen and oxygen atoms in total. The van der Waals surface area contributed by atoms with Gasteiger partial charge in [-0.05, 0) is 39.0 Å². The highest BCUT2D eigenvalue weighted by atomic mass is 16.3. The minimum Gasteiger partial charge on any atom is -0.393 e. The van der Waals surface area contributed by atoms with Gasteiger partial charge in [0.05, 0.1) is 23.1 Å². The Hall–Kier alpha value is -1.95. The van der Waals surface area contributed by atoms with Crippen LogP contribution in [0.25, 0.3) is 5.65 Å². The molecule has 0 bridgehead atoms. The zero-order valence-electron chi connectivity index (χ0n) is 12.3. The zero-order chi connectivity index (χ0) is 15.0. The first kappa shape index (κ1) is 14.0. The zero-order valence-corrected chi connectivity index (χ0v) is 12.3. The summed E-state index contributed by atoms with van der Waals surface area (Å²) in [6.45, 7) is 4.38. The monoisotopic (exact) mass is 288 g/mol. The lowest BCUT2D eigenvalue weighted by atomic mass is 10.1. The third-order valence-corrected chi connectivity index (χ3v) is 4.16. The van der Waals surface area contributed by atoms with Crippen molar-refractivity contribution in [2.75, 3.05) is 6.54 Å². The van der Waals surface area contributed by atoms with Crippen molar-refractivity contribution in [1.29, 1.82) is 0 Å². The summed E-state index contributed by atoms with van der Waals surface area (Å²) >= 11 is 0. The molecule has 6 heteroatoms. The molecule has 0 aliphatic heterocycles. The molecule has 1 saturated carbocycles. The van der Waals surface area contributed by atoms with E-state index in [9.17, 15) is 9.90 Å². The molecule has 1 aliphatic rings. The Balaban J connectivity index is 1.73. The highest BCUT2D eigenvalue weighted by molar-refractivity contribution is 5.95. The number of carbonyl (C=O) groups is 1. The Bertz CT molecular complexity index is 680. The first-order valence-corrected chi connectivity index (χ1v) is 7.33. The standard InChI is InChI=1S/C15H20N4O2/c1-9-5-14-16-8-13(10(2)19(14)18-9)15(21)17-7-11-3-4-12(20)6-11/h5,8,11-12,20H,3-4,6-7H2,1-2H3,(H,17,21). The van der Waals surface area contributed by atoms with E-state index >= 15 is 0 Å². The molecule has 2 atom stereocenters. The Labute approximate surface area is 123 Å². The van der Waals surface area contributed by atoms with Gasteiger partial charge in [-0.15, -0.1) is 0 Å². The summed E-state index contributed by atoms with van der Waals surface area (Å²) in [7, 11) is 0. The number of aromatic nitrogens is 3. The van der Waals surface area contributed by atoms with Gasteiger partial charge in [-0.3, -0.25) is 4.79 Å². The molecule has 0 radical (unpaired) electrons. The topological polar surface area (TPSA) is 79.5 Å². The van der Waals surface area contributed by atoms with Crippen molar-refractivity contribution >= 4 is 11.6 Å².